The molecule has 8 heteroatoms. The Balaban J connectivity index is 2.14. The second-order valence-electron chi connectivity index (χ2n) is 5.18. The molecule has 0 aromatic heterocycles. The van der Waals surface area contributed by atoms with E-state index in [1.807, 2.05) is 0 Å². The van der Waals surface area contributed by atoms with Crippen molar-refractivity contribution in [1.29, 1.82) is 0 Å². The quantitative estimate of drug-likeness (QED) is 0.915. The minimum absolute atomic E-state index is 0.182. The van der Waals surface area contributed by atoms with Crippen molar-refractivity contribution in [2.75, 3.05) is 6.26 Å². The predicted molar refractivity (Wildman–Crippen MR) is 82.9 cm³/mol. The van der Waals surface area contributed by atoms with Gasteiger partial charge in [-0.25, -0.2) is 8.42 Å². The average molecular weight is 357 g/mol. The molecule has 24 heavy (non-hydrogen) atoms. The summed E-state index contributed by atoms with van der Waals surface area (Å²) in [6.45, 7) is -0.248. The van der Waals surface area contributed by atoms with E-state index in [0.717, 1.165) is 6.26 Å². The van der Waals surface area contributed by atoms with Gasteiger partial charge in [0.25, 0.3) is 0 Å². The van der Waals surface area contributed by atoms with Crippen molar-refractivity contribution in [2.24, 2.45) is 0 Å². The first-order chi connectivity index (χ1) is 11.1. The highest BCUT2D eigenvalue weighted by atomic mass is 32.2. The van der Waals surface area contributed by atoms with Gasteiger partial charge < -0.3 is 5.32 Å². The van der Waals surface area contributed by atoms with E-state index in [4.69, 9.17) is 0 Å². The zero-order valence-electron chi connectivity index (χ0n) is 12.6. The Kier molecular flexibility index (Phi) is 4.98. The highest BCUT2D eigenvalue weighted by Gasteiger charge is 2.38. The lowest BCUT2D eigenvalue weighted by Gasteiger charge is -2.09. The third kappa shape index (κ3) is 4.58. The Morgan fingerprint density at radius 1 is 1.04 bits per heavy atom. The summed E-state index contributed by atoms with van der Waals surface area (Å²) >= 11 is 0. The van der Waals surface area contributed by atoms with Gasteiger partial charge in [0, 0.05) is 12.8 Å². The zero-order chi connectivity index (χ0) is 18.0. The molecule has 0 heterocycles. The van der Waals surface area contributed by atoms with Crippen molar-refractivity contribution in [3.63, 3.8) is 0 Å². The van der Waals surface area contributed by atoms with E-state index >= 15 is 0 Å². The summed E-state index contributed by atoms with van der Waals surface area (Å²) in [5, 5.41) is 1.78. The highest BCUT2D eigenvalue weighted by Crippen LogP contribution is 2.23. The molecule has 0 spiro atoms. The van der Waals surface area contributed by atoms with E-state index in [1.165, 1.54) is 12.1 Å². The molecule has 0 bridgehead atoms. The van der Waals surface area contributed by atoms with Gasteiger partial charge in [0.2, 0.25) is 0 Å². The second-order valence-corrected chi connectivity index (χ2v) is 7.19. The molecular formula is C16H14F3NO3S. The van der Waals surface area contributed by atoms with Crippen molar-refractivity contribution >= 4 is 15.7 Å². The molecule has 0 fully saturated rings. The molecule has 0 aliphatic heterocycles. The molecule has 4 nitrogen and oxygen atoms in total. The van der Waals surface area contributed by atoms with Gasteiger partial charge in [-0.3, -0.25) is 4.79 Å². The third-order valence-corrected chi connectivity index (χ3v) is 4.37. The maximum absolute atomic E-state index is 12.1. The number of amides is 1. The minimum atomic E-state index is -4.91. The van der Waals surface area contributed by atoms with Crippen LogP contribution in [0.1, 0.15) is 5.56 Å². The van der Waals surface area contributed by atoms with Gasteiger partial charge >= 0.3 is 12.1 Å². The van der Waals surface area contributed by atoms with Crippen LogP contribution in [0.5, 0.6) is 0 Å². The van der Waals surface area contributed by atoms with Crippen LogP contribution in [0.3, 0.4) is 0 Å². The molecule has 2 rings (SSSR count). The number of carbonyl (C=O) groups excluding carboxylic acids is 1. The van der Waals surface area contributed by atoms with Gasteiger partial charge in [-0.05, 0) is 28.8 Å². The molecule has 2 aromatic carbocycles. The molecule has 0 aliphatic carbocycles. The maximum Gasteiger partial charge on any atom is 0.471 e. The van der Waals surface area contributed by atoms with Crippen LogP contribution in [0, 0.1) is 0 Å². The van der Waals surface area contributed by atoms with Gasteiger partial charge in [-0.2, -0.15) is 13.2 Å². The highest BCUT2D eigenvalue weighted by molar-refractivity contribution is 7.90. The summed E-state index contributed by atoms with van der Waals surface area (Å²) in [5.74, 6) is -1.99. The van der Waals surface area contributed by atoms with E-state index in [0.29, 0.717) is 16.7 Å². The average Bonchev–Trinajstić information content (AvgIpc) is 2.51. The normalized spacial score (nSPS) is 12.0. The predicted octanol–water partition coefficient (Wildman–Crippen LogP) is 2.94. The van der Waals surface area contributed by atoms with E-state index in [9.17, 15) is 26.4 Å². The lowest BCUT2D eigenvalue weighted by molar-refractivity contribution is -0.173. The summed E-state index contributed by atoms with van der Waals surface area (Å²) in [6, 6.07) is 12.8. The summed E-state index contributed by atoms with van der Waals surface area (Å²) in [7, 11) is -3.33. The number of hydrogen-bond donors (Lipinski definition) is 1. The summed E-state index contributed by atoms with van der Waals surface area (Å²) in [6.07, 6.45) is -3.80. The lowest BCUT2D eigenvalue weighted by atomic mass is 10.0. The van der Waals surface area contributed by atoms with Crippen molar-refractivity contribution < 1.29 is 26.4 Å². The fourth-order valence-electron chi connectivity index (χ4n) is 2.00. The van der Waals surface area contributed by atoms with Crippen LogP contribution in [-0.4, -0.2) is 26.8 Å². The Hall–Kier alpha value is -2.35. The first-order valence-electron chi connectivity index (χ1n) is 6.82. The van der Waals surface area contributed by atoms with E-state index in [-0.39, 0.29) is 11.4 Å². The summed E-state index contributed by atoms with van der Waals surface area (Å²) in [4.78, 5) is 10.9. The van der Waals surface area contributed by atoms with E-state index in [1.54, 1.807) is 41.7 Å². The maximum atomic E-state index is 12.1. The standard InChI is InChI=1S/C16H14F3NO3S/c1-24(22,23)14-4-2-3-13(9-14)12-7-5-11(6-8-12)10-20-15(21)16(17,18)19/h2-9H,10H2,1H3,(H,20,21). The SMILES string of the molecule is CS(=O)(=O)c1cccc(-c2ccc(CNC(=O)C(F)(F)F)cc2)c1. The Bertz CT molecular complexity index is 844. The van der Waals surface area contributed by atoms with Crippen molar-refractivity contribution in [3.8, 4) is 11.1 Å². The number of hydrogen-bond acceptors (Lipinski definition) is 3. The van der Waals surface area contributed by atoms with Crippen molar-refractivity contribution in [3.05, 3.63) is 54.1 Å². The number of rotatable bonds is 4. The minimum Gasteiger partial charge on any atom is -0.344 e. The first kappa shape index (κ1) is 18.0. The Morgan fingerprint density at radius 2 is 1.67 bits per heavy atom. The molecule has 0 aliphatic rings. The van der Waals surface area contributed by atoms with Crippen LogP contribution in [-0.2, 0) is 21.2 Å². The van der Waals surface area contributed by atoms with Crippen molar-refractivity contribution in [2.45, 2.75) is 17.6 Å². The number of nitrogens with one attached hydrogen (secondary N) is 1. The van der Waals surface area contributed by atoms with Crippen LogP contribution < -0.4 is 5.32 Å². The second kappa shape index (κ2) is 6.64. The Labute approximate surface area is 137 Å². The molecule has 0 saturated carbocycles. The number of sulfone groups is 1. The Morgan fingerprint density at radius 3 is 2.21 bits per heavy atom. The van der Waals surface area contributed by atoms with E-state index in [2.05, 4.69) is 0 Å². The largest absolute Gasteiger partial charge is 0.471 e. The first-order valence-corrected chi connectivity index (χ1v) is 8.71. The zero-order valence-corrected chi connectivity index (χ0v) is 13.4. The lowest BCUT2D eigenvalue weighted by Crippen LogP contribution is -2.36. The van der Waals surface area contributed by atoms with Gasteiger partial charge in [-0.15, -0.1) is 0 Å². The molecule has 0 saturated heterocycles. The topological polar surface area (TPSA) is 63.2 Å². The third-order valence-electron chi connectivity index (χ3n) is 3.26. The number of halogens is 3. The molecule has 0 atom stereocenters. The molecular weight excluding hydrogens is 343 g/mol. The monoisotopic (exact) mass is 357 g/mol. The number of benzene rings is 2. The molecule has 0 unspecified atom stereocenters. The number of carbonyl (C=O) groups is 1. The molecule has 1 N–H and O–H groups in total. The molecule has 1 amide bonds. The van der Waals surface area contributed by atoms with Crippen LogP contribution in [0.4, 0.5) is 13.2 Å². The molecule has 0 radical (unpaired) electrons. The van der Waals surface area contributed by atoms with Crippen LogP contribution in [0.2, 0.25) is 0 Å². The van der Waals surface area contributed by atoms with E-state index < -0.39 is 21.9 Å². The van der Waals surface area contributed by atoms with Gasteiger partial charge in [-0.1, -0.05) is 36.4 Å². The van der Waals surface area contributed by atoms with Crippen molar-refractivity contribution in [1.82, 2.24) is 5.32 Å². The van der Waals surface area contributed by atoms with Gasteiger partial charge in [0.05, 0.1) is 4.90 Å². The molecule has 2 aromatic rings. The van der Waals surface area contributed by atoms with Crippen LogP contribution >= 0.6 is 0 Å². The van der Waals surface area contributed by atoms with Crippen LogP contribution in [0.25, 0.3) is 11.1 Å². The fraction of sp³-hybridized carbons (Fsp3) is 0.188. The fourth-order valence-corrected chi connectivity index (χ4v) is 2.67. The number of alkyl halides is 3. The summed E-state index contributed by atoms with van der Waals surface area (Å²) < 4.78 is 59.5. The smallest absolute Gasteiger partial charge is 0.344 e. The van der Waals surface area contributed by atoms with Gasteiger partial charge in [0.15, 0.2) is 9.84 Å². The molecule has 128 valence electrons. The van der Waals surface area contributed by atoms with Gasteiger partial charge in [0.1, 0.15) is 0 Å². The van der Waals surface area contributed by atoms with Crippen LogP contribution in [0.15, 0.2) is 53.4 Å². The summed E-state index contributed by atoms with van der Waals surface area (Å²) in [5.41, 5.74) is 1.88.